The Kier molecular flexibility index (Phi) is 3.46. The van der Waals surface area contributed by atoms with Crippen LogP contribution >= 0.6 is 0 Å². The maximum absolute atomic E-state index is 13.1. The summed E-state index contributed by atoms with van der Waals surface area (Å²) in [5, 5.41) is 3.89. The highest BCUT2D eigenvalue weighted by molar-refractivity contribution is 5.07. The van der Waals surface area contributed by atoms with Crippen molar-refractivity contribution in [3.8, 4) is 0 Å². The number of aromatic nitrogens is 2. The van der Waals surface area contributed by atoms with E-state index in [2.05, 4.69) is 18.2 Å². The minimum absolute atomic E-state index is 0.176. The normalized spacial score (nSPS) is 11.2. The third kappa shape index (κ3) is 2.29. The van der Waals surface area contributed by atoms with Crippen LogP contribution in [0.1, 0.15) is 45.2 Å². The monoisotopic (exact) mass is 183 g/mol. The van der Waals surface area contributed by atoms with Crippen molar-refractivity contribution in [1.82, 2.24) is 9.78 Å². The van der Waals surface area contributed by atoms with Crippen LogP contribution in [-0.2, 0) is 6.54 Å². The minimum atomic E-state index is -0.300. The maximum atomic E-state index is 13.1. The molecule has 0 atom stereocenters. The molecule has 1 aromatic heterocycles. The van der Waals surface area contributed by atoms with Gasteiger partial charge in [0.2, 0.25) is 0 Å². The Morgan fingerprint density at radius 3 is 2.77 bits per heavy atom. The van der Waals surface area contributed by atoms with Crippen LogP contribution in [0.2, 0.25) is 0 Å². The SMILES string of the molecule is CCCCn1n[c]c(F)c1C(C)C. The lowest BCUT2D eigenvalue weighted by atomic mass is 10.1. The third-order valence-electron chi connectivity index (χ3n) is 2.04. The fourth-order valence-corrected chi connectivity index (χ4v) is 1.36. The second kappa shape index (κ2) is 4.40. The van der Waals surface area contributed by atoms with Gasteiger partial charge in [0.05, 0.1) is 5.69 Å². The van der Waals surface area contributed by atoms with Crippen LogP contribution < -0.4 is 0 Å². The largest absolute Gasteiger partial charge is 0.266 e. The summed E-state index contributed by atoms with van der Waals surface area (Å²) < 4.78 is 14.9. The molecule has 0 aliphatic rings. The van der Waals surface area contributed by atoms with Gasteiger partial charge in [0.25, 0.3) is 0 Å². The Morgan fingerprint density at radius 1 is 1.54 bits per heavy atom. The van der Waals surface area contributed by atoms with Gasteiger partial charge in [-0.05, 0) is 12.3 Å². The first-order valence-corrected chi connectivity index (χ1v) is 4.80. The number of hydrogen-bond acceptors (Lipinski definition) is 1. The number of nitrogens with zero attached hydrogens (tertiary/aromatic N) is 2. The van der Waals surface area contributed by atoms with Gasteiger partial charge in [-0.15, -0.1) is 0 Å². The molecule has 0 unspecified atom stereocenters. The highest BCUT2D eigenvalue weighted by atomic mass is 19.1. The molecule has 0 spiro atoms. The Balaban J connectivity index is 2.81. The summed E-state index contributed by atoms with van der Waals surface area (Å²) in [5.41, 5.74) is 0.674. The maximum Gasteiger partial charge on any atom is 0.174 e. The van der Waals surface area contributed by atoms with E-state index >= 15 is 0 Å². The third-order valence-corrected chi connectivity index (χ3v) is 2.04. The number of unbranched alkanes of at least 4 members (excludes halogenated alkanes) is 1. The molecule has 3 heteroatoms. The fraction of sp³-hybridized carbons (Fsp3) is 0.700. The van der Waals surface area contributed by atoms with Crippen LogP contribution in [0.5, 0.6) is 0 Å². The van der Waals surface area contributed by atoms with Crippen molar-refractivity contribution in [3.63, 3.8) is 0 Å². The topological polar surface area (TPSA) is 17.8 Å². The van der Waals surface area contributed by atoms with E-state index in [0.29, 0.717) is 5.69 Å². The van der Waals surface area contributed by atoms with Crippen molar-refractivity contribution >= 4 is 0 Å². The standard InChI is InChI=1S/C10H16FN2/c1-4-5-6-13-10(8(2)3)9(11)7-12-13/h8H,4-6H2,1-3H3. The Labute approximate surface area is 78.8 Å². The molecule has 1 radical (unpaired) electrons. The molecule has 1 heterocycles. The zero-order valence-electron chi connectivity index (χ0n) is 8.47. The molecule has 1 rings (SSSR count). The molecular weight excluding hydrogens is 167 g/mol. The molecular formula is C10H16FN2. The van der Waals surface area contributed by atoms with Crippen LogP contribution in [0, 0.1) is 12.0 Å². The smallest absolute Gasteiger partial charge is 0.174 e. The summed E-state index contributed by atoms with van der Waals surface area (Å²) in [7, 11) is 0. The van der Waals surface area contributed by atoms with Gasteiger partial charge in [-0.3, -0.25) is 4.68 Å². The van der Waals surface area contributed by atoms with Crippen LogP contribution in [0.15, 0.2) is 0 Å². The van der Waals surface area contributed by atoms with Crippen LogP contribution in [0.4, 0.5) is 4.39 Å². The van der Waals surface area contributed by atoms with E-state index in [1.54, 1.807) is 4.68 Å². The molecule has 1 aromatic rings. The van der Waals surface area contributed by atoms with Gasteiger partial charge >= 0.3 is 0 Å². The predicted molar refractivity (Wildman–Crippen MR) is 50.0 cm³/mol. The zero-order valence-corrected chi connectivity index (χ0v) is 8.47. The van der Waals surface area contributed by atoms with Crippen molar-refractivity contribution < 1.29 is 4.39 Å². The van der Waals surface area contributed by atoms with Crippen molar-refractivity contribution in [1.29, 1.82) is 0 Å². The lowest BCUT2D eigenvalue weighted by Crippen LogP contribution is -2.07. The minimum Gasteiger partial charge on any atom is -0.266 e. The molecule has 13 heavy (non-hydrogen) atoms. The van der Waals surface area contributed by atoms with Gasteiger partial charge in [-0.2, -0.15) is 5.10 Å². The van der Waals surface area contributed by atoms with E-state index in [4.69, 9.17) is 0 Å². The predicted octanol–water partition coefficient (Wildman–Crippen LogP) is 2.75. The highest BCUT2D eigenvalue weighted by Gasteiger charge is 2.13. The summed E-state index contributed by atoms with van der Waals surface area (Å²) in [5.74, 6) is -0.123. The van der Waals surface area contributed by atoms with Crippen molar-refractivity contribution in [2.75, 3.05) is 0 Å². The molecule has 0 saturated carbocycles. The molecule has 0 aromatic carbocycles. The molecule has 0 aliphatic heterocycles. The zero-order chi connectivity index (χ0) is 9.84. The molecule has 0 N–H and O–H groups in total. The molecule has 2 nitrogen and oxygen atoms in total. The lowest BCUT2D eigenvalue weighted by Gasteiger charge is -2.09. The van der Waals surface area contributed by atoms with E-state index in [1.165, 1.54) is 0 Å². The molecule has 0 saturated heterocycles. The van der Waals surface area contributed by atoms with E-state index in [1.807, 2.05) is 13.8 Å². The van der Waals surface area contributed by atoms with Crippen molar-refractivity contribution in [2.45, 2.75) is 46.1 Å². The number of rotatable bonds is 4. The highest BCUT2D eigenvalue weighted by Crippen LogP contribution is 2.17. The first kappa shape index (κ1) is 10.2. The number of aryl methyl sites for hydroxylation is 1. The second-order valence-corrected chi connectivity index (χ2v) is 3.54. The summed E-state index contributed by atoms with van der Waals surface area (Å²) >= 11 is 0. The van der Waals surface area contributed by atoms with E-state index in [-0.39, 0.29) is 11.7 Å². The van der Waals surface area contributed by atoms with Crippen LogP contribution in [-0.4, -0.2) is 9.78 Å². The number of hydrogen-bond donors (Lipinski definition) is 0. The fourth-order valence-electron chi connectivity index (χ4n) is 1.36. The van der Waals surface area contributed by atoms with Gasteiger partial charge in [0, 0.05) is 6.54 Å². The summed E-state index contributed by atoms with van der Waals surface area (Å²) in [6.45, 7) is 6.84. The number of halogens is 1. The average Bonchev–Trinajstić information content (AvgIpc) is 2.43. The van der Waals surface area contributed by atoms with Gasteiger partial charge in [0.1, 0.15) is 0 Å². The first-order valence-electron chi connectivity index (χ1n) is 4.80. The molecule has 0 fully saturated rings. The van der Waals surface area contributed by atoms with Crippen molar-refractivity contribution in [3.05, 3.63) is 17.7 Å². The van der Waals surface area contributed by atoms with E-state index in [0.717, 1.165) is 19.4 Å². The Bertz CT molecular complexity index is 266. The van der Waals surface area contributed by atoms with Crippen LogP contribution in [0.3, 0.4) is 0 Å². The Morgan fingerprint density at radius 2 is 2.23 bits per heavy atom. The van der Waals surface area contributed by atoms with Crippen LogP contribution in [0.25, 0.3) is 0 Å². The second-order valence-electron chi connectivity index (χ2n) is 3.54. The van der Waals surface area contributed by atoms with Gasteiger partial charge in [-0.1, -0.05) is 27.2 Å². The van der Waals surface area contributed by atoms with Gasteiger partial charge in [-0.25, -0.2) is 4.39 Å². The summed E-state index contributed by atoms with van der Waals surface area (Å²) in [6, 6.07) is 0. The van der Waals surface area contributed by atoms with E-state index in [9.17, 15) is 4.39 Å². The molecule has 73 valence electrons. The Hall–Kier alpha value is -0.860. The summed E-state index contributed by atoms with van der Waals surface area (Å²) in [4.78, 5) is 0. The molecule has 0 bridgehead atoms. The summed E-state index contributed by atoms with van der Waals surface area (Å²) in [6.07, 6.45) is 4.51. The molecule has 0 aliphatic carbocycles. The first-order chi connectivity index (χ1) is 6.16. The van der Waals surface area contributed by atoms with Gasteiger partial charge < -0.3 is 0 Å². The van der Waals surface area contributed by atoms with E-state index < -0.39 is 0 Å². The lowest BCUT2D eigenvalue weighted by molar-refractivity contribution is 0.515. The average molecular weight is 183 g/mol. The van der Waals surface area contributed by atoms with Gasteiger partial charge in [0.15, 0.2) is 12.0 Å². The van der Waals surface area contributed by atoms with Crippen molar-refractivity contribution in [2.24, 2.45) is 0 Å². The molecule has 0 amide bonds. The quantitative estimate of drug-likeness (QED) is 0.701.